The lowest BCUT2D eigenvalue weighted by molar-refractivity contribution is -0.127. The SMILES string of the molecule is CCCn1c(O)c(C(=N)N)c(=O)n(C2CCC(C)(CN3C(=O)NC(=O)[C@@]34CCOC4)CC2)c1=O. The van der Waals surface area contributed by atoms with Crippen LogP contribution in [-0.2, 0) is 16.1 Å². The Kier molecular flexibility index (Phi) is 6.05. The van der Waals surface area contributed by atoms with Crippen LogP contribution in [0.5, 0.6) is 5.88 Å². The summed E-state index contributed by atoms with van der Waals surface area (Å²) < 4.78 is 7.66. The summed E-state index contributed by atoms with van der Waals surface area (Å²) >= 11 is 0. The molecule has 1 aromatic rings. The molecule has 1 saturated carbocycles. The summed E-state index contributed by atoms with van der Waals surface area (Å²) in [6.07, 6.45) is 3.22. The van der Waals surface area contributed by atoms with Gasteiger partial charge in [-0.1, -0.05) is 13.8 Å². The first-order valence-corrected chi connectivity index (χ1v) is 11.7. The Hall–Kier alpha value is -3.15. The van der Waals surface area contributed by atoms with Crippen molar-refractivity contribution in [2.24, 2.45) is 11.1 Å². The second-order valence-electron chi connectivity index (χ2n) is 9.94. The number of nitrogens with zero attached hydrogens (tertiary/aromatic N) is 3. The summed E-state index contributed by atoms with van der Waals surface area (Å²) in [5.74, 6) is -1.48. The summed E-state index contributed by atoms with van der Waals surface area (Å²) in [5, 5.41) is 20.6. The minimum atomic E-state index is -0.963. The summed E-state index contributed by atoms with van der Waals surface area (Å²) in [5.41, 5.74) is 2.53. The maximum Gasteiger partial charge on any atom is 0.334 e. The molecular formula is C22H32N6O6. The predicted molar refractivity (Wildman–Crippen MR) is 122 cm³/mol. The molecule has 3 aliphatic rings. The zero-order valence-electron chi connectivity index (χ0n) is 19.6. The first-order valence-electron chi connectivity index (χ1n) is 11.7. The van der Waals surface area contributed by atoms with Gasteiger partial charge in [-0.15, -0.1) is 0 Å². The van der Waals surface area contributed by atoms with E-state index >= 15 is 0 Å². The number of nitrogen functional groups attached to an aromatic ring is 1. The zero-order chi connectivity index (χ0) is 24.8. The third kappa shape index (κ3) is 3.69. The number of aromatic hydroxyl groups is 1. The Morgan fingerprint density at radius 1 is 1.24 bits per heavy atom. The highest BCUT2D eigenvalue weighted by Crippen LogP contribution is 2.43. The van der Waals surface area contributed by atoms with Crippen LogP contribution in [0.25, 0.3) is 0 Å². The second kappa shape index (κ2) is 8.57. The summed E-state index contributed by atoms with van der Waals surface area (Å²) in [7, 11) is 0. The van der Waals surface area contributed by atoms with Gasteiger partial charge in [-0.2, -0.15) is 0 Å². The van der Waals surface area contributed by atoms with Gasteiger partial charge < -0.3 is 20.5 Å². The van der Waals surface area contributed by atoms with E-state index in [4.69, 9.17) is 15.9 Å². The molecule has 3 heterocycles. The number of nitrogens with one attached hydrogen (secondary N) is 2. The van der Waals surface area contributed by atoms with Crippen molar-refractivity contribution in [3.8, 4) is 5.88 Å². The number of amidine groups is 1. The molecule has 12 nitrogen and oxygen atoms in total. The van der Waals surface area contributed by atoms with Gasteiger partial charge in [0.1, 0.15) is 16.9 Å². The fourth-order valence-electron chi connectivity index (χ4n) is 5.51. The lowest BCUT2D eigenvalue weighted by Gasteiger charge is -2.42. The average molecular weight is 477 g/mol. The van der Waals surface area contributed by atoms with Crippen molar-refractivity contribution in [3.05, 3.63) is 26.4 Å². The predicted octanol–water partition coefficient (Wildman–Crippen LogP) is 0.242. The van der Waals surface area contributed by atoms with Crippen molar-refractivity contribution >= 4 is 17.8 Å². The number of rotatable bonds is 6. The molecule has 34 heavy (non-hydrogen) atoms. The standard InChI is InChI=1S/C22H32N6O6/c1-3-9-26-16(29)14(15(23)24)17(30)28(20(26)33)13-4-6-21(2,7-5-13)11-27-19(32)25-18(31)22(27)8-10-34-12-22/h13,29H,3-12H2,1-2H3,(H3,23,24)(H,25,31,32)/t13?,21?,22-/m0/s1. The van der Waals surface area contributed by atoms with Crippen molar-refractivity contribution in [1.82, 2.24) is 19.4 Å². The van der Waals surface area contributed by atoms with Crippen LogP contribution in [0.3, 0.4) is 0 Å². The molecule has 0 bridgehead atoms. The number of imide groups is 1. The van der Waals surface area contributed by atoms with Gasteiger partial charge in [0.25, 0.3) is 11.5 Å². The number of hydrogen-bond acceptors (Lipinski definition) is 7. The number of amides is 3. The summed E-state index contributed by atoms with van der Waals surface area (Å²) in [6.45, 7) is 5.03. The van der Waals surface area contributed by atoms with Crippen molar-refractivity contribution < 1.29 is 19.4 Å². The van der Waals surface area contributed by atoms with Crippen LogP contribution in [0.4, 0.5) is 4.79 Å². The molecule has 2 aliphatic heterocycles. The molecule has 1 aromatic heterocycles. The lowest BCUT2D eigenvalue weighted by atomic mass is 9.73. The highest BCUT2D eigenvalue weighted by atomic mass is 16.5. The van der Waals surface area contributed by atoms with Gasteiger partial charge in [0.2, 0.25) is 5.88 Å². The molecule has 2 saturated heterocycles. The van der Waals surface area contributed by atoms with E-state index in [1.165, 1.54) is 0 Å². The average Bonchev–Trinajstić information content (AvgIpc) is 3.34. The fraction of sp³-hybridized carbons (Fsp3) is 0.682. The summed E-state index contributed by atoms with van der Waals surface area (Å²) in [4.78, 5) is 52.8. The van der Waals surface area contributed by atoms with E-state index in [1.807, 2.05) is 13.8 Å². The number of carbonyl (C=O) groups excluding carboxylic acids is 2. The van der Waals surface area contributed by atoms with Gasteiger partial charge >= 0.3 is 11.7 Å². The van der Waals surface area contributed by atoms with Crippen molar-refractivity contribution in [3.63, 3.8) is 0 Å². The number of urea groups is 1. The third-order valence-electron chi connectivity index (χ3n) is 7.54. The number of aromatic nitrogens is 2. The Balaban J connectivity index is 1.59. The van der Waals surface area contributed by atoms with Crippen LogP contribution in [0.1, 0.15) is 64.0 Å². The van der Waals surface area contributed by atoms with Crippen molar-refractivity contribution in [1.29, 1.82) is 5.41 Å². The Bertz CT molecular complexity index is 1140. The molecule has 186 valence electrons. The van der Waals surface area contributed by atoms with E-state index in [0.717, 1.165) is 9.13 Å². The maximum atomic E-state index is 13.1. The monoisotopic (exact) mass is 476 g/mol. The normalized spacial score (nSPS) is 29.1. The molecular weight excluding hydrogens is 444 g/mol. The number of carbonyl (C=O) groups is 2. The van der Waals surface area contributed by atoms with E-state index in [0.29, 0.717) is 51.7 Å². The molecule has 0 aromatic carbocycles. The highest BCUT2D eigenvalue weighted by Gasteiger charge is 2.56. The van der Waals surface area contributed by atoms with Gasteiger partial charge in [0.15, 0.2) is 0 Å². The van der Waals surface area contributed by atoms with Gasteiger partial charge in [-0.3, -0.25) is 29.4 Å². The molecule has 1 aliphatic carbocycles. The first-order chi connectivity index (χ1) is 16.0. The minimum absolute atomic E-state index is 0.178. The van der Waals surface area contributed by atoms with Crippen LogP contribution in [0, 0.1) is 10.8 Å². The number of ether oxygens (including phenoxy) is 1. The zero-order valence-corrected chi connectivity index (χ0v) is 19.6. The Morgan fingerprint density at radius 3 is 2.47 bits per heavy atom. The summed E-state index contributed by atoms with van der Waals surface area (Å²) in [6, 6.07) is -0.838. The van der Waals surface area contributed by atoms with E-state index < -0.39 is 40.6 Å². The van der Waals surface area contributed by atoms with Gasteiger partial charge in [-0.05, 0) is 37.5 Å². The molecule has 12 heteroatoms. The van der Waals surface area contributed by atoms with Gasteiger partial charge in [0, 0.05) is 32.2 Å². The molecule has 1 atom stereocenters. The molecule has 1 spiro atoms. The lowest BCUT2D eigenvalue weighted by Crippen LogP contribution is -2.54. The molecule has 5 N–H and O–H groups in total. The van der Waals surface area contributed by atoms with Crippen molar-refractivity contribution in [2.75, 3.05) is 19.8 Å². The van der Waals surface area contributed by atoms with E-state index in [2.05, 4.69) is 5.32 Å². The fourth-order valence-corrected chi connectivity index (χ4v) is 5.51. The van der Waals surface area contributed by atoms with Gasteiger partial charge in [-0.25, -0.2) is 9.59 Å². The Morgan fingerprint density at radius 2 is 1.91 bits per heavy atom. The smallest absolute Gasteiger partial charge is 0.334 e. The molecule has 3 amide bonds. The van der Waals surface area contributed by atoms with Crippen LogP contribution >= 0.6 is 0 Å². The van der Waals surface area contributed by atoms with E-state index in [9.17, 15) is 24.3 Å². The van der Waals surface area contributed by atoms with Crippen LogP contribution < -0.4 is 22.3 Å². The third-order valence-corrected chi connectivity index (χ3v) is 7.54. The Labute approximate surface area is 196 Å². The number of nitrogens with two attached hydrogens (primary N) is 1. The van der Waals surface area contributed by atoms with Crippen molar-refractivity contribution in [2.45, 2.75) is 70.5 Å². The van der Waals surface area contributed by atoms with E-state index in [-0.39, 0.29) is 30.0 Å². The number of hydrogen-bond donors (Lipinski definition) is 4. The van der Waals surface area contributed by atoms with Gasteiger partial charge in [0.05, 0.1) is 6.61 Å². The van der Waals surface area contributed by atoms with Crippen LogP contribution in [0.2, 0.25) is 0 Å². The molecule has 0 unspecified atom stereocenters. The van der Waals surface area contributed by atoms with E-state index in [1.54, 1.807) is 4.90 Å². The molecule has 4 rings (SSSR count). The molecule has 3 fully saturated rings. The maximum absolute atomic E-state index is 13.1. The van der Waals surface area contributed by atoms with Crippen LogP contribution in [-0.4, -0.2) is 62.2 Å². The molecule has 0 radical (unpaired) electrons. The second-order valence-corrected chi connectivity index (χ2v) is 9.94. The minimum Gasteiger partial charge on any atom is -0.494 e. The largest absolute Gasteiger partial charge is 0.494 e. The quantitative estimate of drug-likeness (QED) is 0.258. The first kappa shape index (κ1) is 24.0. The topological polar surface area (TPSA) is 173 Å². The van der Waals surface area contributed by atoms with Crippen LogP contribution in [0.15, 0.2) is 9.59 Å². The highest BCUT2D eigenvalue weighted by molar-refractivity contribution is 6.07.